The van der Waals surface area contributed by atoms with Gasteiger partial charge in [-0.15, -0.1) is 0 Å². The number of halogens is 1. The molecule has 3 N–H and O–H groups in total. The molecule has 1 aliphatic heterocycles. The molecule has 4 atom stereocenters. The molecule has 0 radical (unpaired) electrons. The zero-order valence-corrected chi connectivity index (χ0v) is 24.0. The summed E-state index contributed by atoms with van der Waals surface area (Å²) in [6.45, 7) is 3.16. The average Bonchev–Trinajstić information content (AvgIpc) is 3.26. The largest absolute Gasteiger partial charge is 0.309 e. The zero-order chi connectivity index (χ0) is 28.3. The number of likely N-dealkylation sites (N-methyl/N-ethyl adjacent to an activating group) is 1. The van der Waals surface area contributed by atoms with E-state index >= 15 is 4.39 Å². The van der Waals surface area contributed by atoms with Crippen molar-refractivity contribution in [1.29, 1.82) is 5.41 Å². The van der Waals surface area contributed by atoms with Crippen molar-refractivity contribution >= 4 is 33.4 Å². The summed E-state index contributed by atoms with van der Waals surface area (Å²) in [4.78, 5) is 28.3. The fraction of sp³-hybridized carbons (Fsp3) is 0.679. The van der Waals surface area contributed by atoms with E-state index in [4.69, 9.17) is 5.41 Å². The van der Waals surface area contributed by atoms with Gasteiger partial charge >= 0.3 is 0 Å². The van der Waals surface area contributed by atoms with Crippen LogP contribution in [0, 0.1) is 17.1 Å². The first-order valence-corrected chi connectivity index (χ1v) is 15.9. The lowest BCUT2D eigenvalue weighted by molar-refractivity contribution is -0.122. The van der Waals surface area contributed by atoms with E-state index in [2.05, 4.69) is 10.6 Å². The summed E-state index contributed by atoms with van der Waals surface area (Å²) in [5.74, 6) is -2.31. The summed E-state index contributed by atoms with van der Waals surface area (Å²) in [7, 11) is -2.27. The predicted molar refractivity (Wildman–Crippen MR) is 150 cm³/mol. The lowest BCUT2D eigenvalue weighted by atomic mass is 9.85. The van der Waals surface area contributed by atoms with Crippen LogP contribution in [0.1, 0.15) is 83.6 Å². The predicted octanol–water partition coefficient (Wildman–Crippen LogP) is 3.52. The summed E-state index contributed by atoms with van der Waals surface area (Å²) < 4.78 is 42.3. The van der Waals surface area contributed by atoms with Crippen molar-refractivity contribution in [2.24, 2.45) is 5.92 Å². The SMILES string of the molecule is CCS(=O)(=O)N(C(=O)[C@@H]1C[C@H]2CCCC[C@H]2N1C)c1ccc(C(=N)NC(=O)C(C)NC2CCCCC2)cc1F. The van der Waals surface area contributed by atoms with Crippen LogP contribution in [0.25, 0.3) is 0 Å². The van der Waals surface area contributed by atoms with Gasteiger partial charge in [0.15, 0.2) is 0 Å². The number of nitrogens with one attached hydrogen (secondary N) is 3. The van der Waals surface area contributed by atoms with Crippen molar-refractivity contribution in [3.05, 3.63) is 29.6 Å². The molecule has 0 spiro atoms. The Bertz CT molecular complexity index is 1190. The molecule has 2 saturated carbocycles. The third-order valence-electron chi connectivity index (χ3n) is 8.73. The van der Waals surface area contributed by atoms with Crippen molar-refractivity contribution in [3.8, 4) is 0 Å². The van der Waals surface area contributed by atoms with Crippen LogP contribution in [0.3, 0.4) is 0 Å². The number of amides is 2. The second-order valence-corrected chi connectivity index (χ2v) is 13.4. The van der Waals surface area contributed by atoms with Crippen LogP contribution in [0.2, 0.25) is 0 Å². The van der Waals surface area contributed by atoms with Gasteiger partial charge in [0.25, 0.3) is 5.91 Å². The normalized spacial score (nSPS) is 25.1. The molecule has 1 aromatic rings. The zero-order valence-electron chi connectivity index (χ0n) is 23.2. The Morgan fingerprint density at radius 1 is 1.13 bits per heavy atom. The van der Waals surface area contributed by atoms with E-state index in [0.29, 0.717) is 16.6 Å². The van der Waals surface area contributed by atoms with Gasteiger partial charge in [-0.1, -0.05) is 32.1 Å². The Morgan fingerprint density at radius 3 is 2.44 bits per heavy atom. The number of nitrogens with zero attached hydrogens (tertiary/aromatic N) is 2. The van der Waals surface area contributed by atoms with Crippen molar-refractivity contribution < 1.29 is 22.4 Å². The van der Waals surface area contributed by atoms with E-state index in [1.807, 2.05) is 11.9 Å². The molecule has 3 aliphatic rings. The molecular weight excluding hydrogens is 521 g/mol. The number of likely N-dealkylation sites (tertiary alicyclic amines) is 1. The molecular formula is C28H42FN5O4S. The molecule has 1 unspecified atom stereocenters. The quantitative estimate of drug-likeness (QED) is 0.329. The van der Waals surface area contributed by atoms with Crippen LogP contribution < -0.4 is 14.9 Å². The fourth-order valence-electron chi connectivity index (χ4n) is 6.46. The topological polar surface area (TPSA) is 123 Å². The lowest BCUT2D eigenvalue weighted by Crippen LogP contribution is -2.49. The van der Waals surface area contributed by atoms with Gasteiger partial charge in [-0.05, 0) is 77.1 Å². The number of hydrogen-bond acceptors (Lipinski definition) is 7. The van der Waals surface area contributed by atoms with Crippen LogP contribution in [-0.4, -0.2) is 67.9 Å². The molecule has 1 heterocycles. The van der Waals surface area contributed by atoms with Crippen molar-refractivity contribution in [3.63, 3.8) is 0 Å². The summed E-state index contributed by atoms with van der Waals surface area (Å²) in [6.07, 6.45) is 10.2. The smallest absolute Gasteiger partial charge is 0.258 e. The lowest BCUT2D eigenvalue weighted by Gasteiger charge is -2.32. The fourth-order valence-corrected chi connectivity index (χ4v) is 7.56. The Balaban J connectivity index is 1.50. The molecule has 9 nitrogen and oxygen atoms in total. The highest BCUT2D eigenvalue weighted by Crippen LogP contribution is 2.40. The highest BCUT2D eigenvalue weighted by molar-refractivity contribution is 7.93. The maximum absolute atomic E-state index is 15.5. The third-order valence-corrected chi connectivity index (χ3v) is 10.4. The average molecular weight is 564 g/mol. The van der Waals surface area contributed by atoms with Crippen LogP contribution >= 0.6 is 0 Å². The molecule has 0 aromatic heterocycles. The van der Waals surface area contributed by atoms with E-state index in [9.17, 15) is 18.0 Å². The molecule has 216 valence electrons. The number of benzene rings is 1. The van der Waals surface area contributed by atoms with Gasteiger partial charge < -0.3 is 10.6 Å². The number of sulfonamides is 1. The van der Waals surface area contributed by atoms with Gasteiger partial charge in [0, 0.05) is 17.6 Å². The van der Waals surface area contributed by atoms with Crippen LogP contribution in [-0.2, 0) is 19.6 Å². The van der Waals surface area contributed by atoms with E-state index in [1.165, 1.54) is 25.5 Å². The highest BCUT2D eigenvalue weighted by atomic mass is 32.2. The van der Waals surface area contributed by atoms with Crippen molar-refractivity contribution in [1.82, 2.24) is 15.5 Å². The monoisotopic (exact) mass is 563 g/mol. The van der Waals surface area contributed by atoms with E-state index in [1.54, 1.807) is 6.92 Å². The highest BCUT2D eigenvalue weighted by Gasteiger charge is 2.46. The van der Waals surface area contributed by atoms with Gasteiger partial charge in [-0.25, -0.2) is 17.1 Å². The van der Waals surface area contributed by atoms with E-state index in [-0.39, 0.29) is 34.9 Å². The first kappa shape index (κ1) is 29.6. The summed E-state index contributed by atoms with van der Waals surface area (Å²) in [5.41, 5.74) is -0.278. The second-order valence-electron chi connectivity index (χ2n) is 11.3. The van der Waals surface area contributed by atoms with Gasteiger partial charge in [0.2, 0.25) is 15.9 Å². The minimum atomic E-state index is -4.12. The minimum absolute atomic E-state index is 0.0831. The van der Waals surface area contributed by atoms with Crippen LogP contribution in [0.15, 0.2) is 18.2 Å². The first-order chi connectivity index (χ1) is 18.5. The van der Waals surface area contributed by atoms with Gasteiger partial charge in [-0.2, -0.15) is 0 Å². The molecule has 3 fully saturated rings. The second kappa shape index (κ2) is 12.4. The first-order valence-electron chi connectivity index (χ1n) is 14.3. The number of carbonyl (C=O) groups is 2. The van der Waals surface area contributed by atoms with Crippen LogP contribution in [0.4, 0.5) is 10.1 Å². The van der Waals surface area contributed by atoms with Crippen molar-refractivity contribution in [2.45, 2.75) is 102 Å². The molecule has 39 heavy (non-hydrogen) atoms. The molecule has 2 aliphatic carbocycles. The molecule has 4 rings (SSSR count). The Labute approximate surface area is 231 Å². The molecule has 11 heteroatoms. The van der Waals surface area contributed by atoms with Crippen molar-refractivity contribution in [2.75, 3.05) is 17.1 Å². The summed E-state index contributed by atoms with van der Waals surface area (Å²) >= 11 is 0. The van der Waals surface area contributed by atoms with Gasteiger partial charge in [0.1, 0.15) is 11.7 Å². The third kappa shape index (κ3) is 6.52. The Morgan fingerprint density at radius 2 is 1.79 bits per heavy atom. The Kier molecular flexibility index (Phi) is 9.44. The van der Waals surface area contributed by atoms with Gasteiger partial charge in [0.05, 0.1) is 23.5 Å². The number of carbonyl (C=O) groups excluding carboxylic acids is 2. The van der Waals surface area contributed by atoms with Gasteiger partial charge in [-0.3, -0.25) is 19.9 Å². The minimum Gasteiger partial charge on any atom is -0.309 e. The molecule has 0 bridgehead atoms. The maximum atomic E-state index is 15.5. The van der Waals surface area contributed by atoms with Crippen LogP contribution in [0.5, 0.6) is 0 Å². The molecule has 2 amide bonds. The number of fused-ring (bicyclic) bond motifs is 1. The van der Waals surface area contributed by atoms with E-state index < -0.39 is 39.7 Å². The Hall–Kier alpha value is -2.37. The summed E-state index contributed by atoms with van der Waals surface area (Å²) in [6, 6.07) is 2.90. The van der Waals surface area contributed by atoms with E-state index in [0.717, 1.165) is 57.4 Å². The maximum Gasteiger partial charge on any atom is 0.258 e. The number of rotatable bonds is 8. The standard InChI is InChI=1S/C28H42FN5O4S/c1-4-39(37,38)34(28(36)25-17-19-10-8-9-13-23(19)33(25)3)24-15-14-20(16-22(24)29)26(30)32-27(35)18(2)31-21-11-6-5-7-12-21/h14-16,18-19,21,23,25,31H,4-13,17H2,1-3H3,(H2,30,32,35)/t18?,19-,23-,25+/m1/s1. The number of amidine groups is 1. The molecule has 1 aromatic carbocycles. The number of hydrogen-bond donors (Lipinski definition) is 3. The molecule has 1 saturated heterocycles. The summed E-state index contributed by atoms with van der Waals surface area (Å²) in [5, 5.41) is 14.1. The number of anilines is 1.